The summed E-state index contributed by atoms with van der Waals surface area (Å²) >= 11 is 0. The third-order valence-corrected chi connectivity index (χ3v) is 4.65. The van der Waals surface area contributed by atoms with Crippen molar-refractivity contribution < 1.29 is 9.90 Å². The number of amides is 1. The Kier molecular flexibility index (Phi) is 5.02. The maximum absolute atomic E-state index is 12.2. The van der Waals surface area contributed by atoms with Gasteiger partial charge in [0.05, 0.1) is 5.52 Å². The average molecular weight is 368 g/mol. The summed E-state index contributed by atoms with van der Waals surface area (Å²) < 4.78 is 0. The molecule has 4 rings (SSSR count). The van der Waals surface area contributed by atoms with E-state index in [-0.39, 0.29) is 11.7 Å². The van der Waals surface area contributed by atoms with Crippen LogP contribution in [0.5, 0.6) is 5.75 Å². The number of aromatic nitrogens is 1. The Morgan fingerprint density at radius 3 is 2.46 bits per heavy atom. The van der Waals surface area contributed by atoms with Gasteiger partial charge < -0.3 is 10.4 Å². The van der Waals surface area contributed by atoms with Crippen LogP contribution >= 0.6 is 0 Å². The number of hydrogen-bond acceptors (Lipinski definition) is 3. The summed E-state index contributed by atoms with van der Waals surface area (Å²) in [6, 6.07) is 24.9. The maximum atomic E-state index is 12.2. The van der Waals surface area contributed by atoms with E-state index < -0.39 is 0 Å². The minimum atomic E-state index is 0.00350. The number of aryl methyl sites for hydroxylation is 1. The van der Waals surface area contributed by atoms with Crippen LogP contribution in [0.15, 0.2) is 85.1 Å². The van der Waals surface area contributed by atoms with Gasteiger partial charge in [-0.1, -0.05) is 42.5 Å². The molecule has 138 valence electrons. The molecule has 3 aromatic carbocycles. The lowest BCUT2D eigenvalue weighted by atomic mass is 10.0. The average Bonchev–Trinajstić information content (AvgIpc) is 2.73. The van der Waals surface area contributed by atoms with Crippen molar-refractivity contribution in [2.24, 2.45) is 0 Å². The summed E-state index contributed by atoms with van der Waals surface area (Å²) in [6.45, 7) is 0. The van der Waals surface area contributed by atoms with E-state index in [4.69, 9.17) is 0 Å². The van der Waals surface area contributed by atoms with Gasteiger partial charge in [-0.2, -0.15) is 0 Å². The summed E-state index contributed by atoms with van der Waals surface area (Å²) in [5.41, 5.74) is 4.70. The lowest BCUT2D eigenvalue weighted by Crippen LogP contribution is -2.12. The summed E-state index contributed by atoms with van der Waals surface area (Å²) in [5, 5.41) is 13.5. The number of benzene rings is 3. The monoisotopic (exact) mass is 368 g/mol. The first-order valence-electron chi connectivity index (χ1n) is 9.20. The first kappa shape index (κ1) is 17.7. The fourth-order valence-corrected chi connectivity index (χ4v) is 3.14. The van der Waals surface area contributed by atoms with Crippen LogP contribution in [0.4, 0.5) is 5.69 Å². The number of phenolic OH excluding ortho intramolecular Hbond substituents is 1. The second-order valence-corrected chi connectivity index (χ2v) is 6.71. The molecule has 1 amide bonds. The number of pyridine rings is 1. The Hall–Kier alpha value is -3.66. The number of rotatable bonds is 5. The summed E-state index contributed by atoms with van der Waals surface area (Å²) in [6.07, 6.45) is 2.96. The van der Waals surface area contributed by atoms with Crippen LogP contribution in [0.3, 0.4) is 0 Å². The zero-order valence-corrected chi connectivity index (χ0v) is 15.3. The van der Waals surface area contributed by atoms with Crippen molar-refractivity contribution in [1.82, 2.24) is 4.98 Å². The fourth-order valence-electron chi connectivity index (χ4n) is 3.14. The van der Waals surface area contributed by atoms with E-state index in [9.17, 15) is 9.90 Å². The first-order valence-corrected chi connectivity index (χ1v) is 9.20. The van der Waals surface area contributed by atoms with Crippen LogP contribution in [0, 0.1) is 0 Å². The van der Waals surface area contributed by atoms with E-state index in [1.165, 1.54) is 0 Å². The largest absolute Gasteiger partial charge is 0.508 e. The Morgan fingerprint density at radius 2 is 1.68 bits per heavy atom. The number of nitrogens with one attached hydrogen (secondary N) is 1. The van der Waals surface area contributed by atoms with Crippen molar-refractivity contribution in [2.45, 2.75) is 12.8 Å². The van der Waals surface area contributed by atoms with Crippen LogP contribution in [-0.4, -0.2) is 16.0 Å². The molecule has 0 saturated carbocycles. The summed E-state index contributed by atoms with van der Waals surface area (Å²) in [7, 11) is 0. The van der Waals surface area contributed by atoms with E-state index in [2.05, 4.69) is 10.3 Å². The standard InChI is InChI=1S/C24H20N2O2/c27-22-12-9-19-14-20(16-25-23(19)15-22)18-7-10-21(11-8-18)26-24(28)13-6-17-4-2-1-3-5-17/h1-5,7-12,14-16,27H,6,13H2,(H,26,28). The van der Waals surface area contributed by atoms with Gasteiger partial charge in [0.15, 0.2) is 0 Å². The van der Waals surface area contributed by atoms with Crippen LogP contribution in [-0.2, 0) is 11.2 Å². The number of aromatic hydroxyl groups is 1. The molecule has 0 spiro atoms. The molecule has 0 saturated heterocycles. The van der Waals surface area contributed by atoms with Crippen molar-refractivity contribution in [3.8, 4) is 16.9 Å². The highest BCUT2D eigenvalue weighted by Gasteiger charge is 2.05. The van der Waals surface area contributed by atoms with E-state index in [0.717, 1.165) is 39.7 Å². The van der Waals surface area contributed by atoms with Crippen molar-refractivity contribution in [2.75, 3.05) is 5.32 Å². The maximum Gasteiger partial charge on any atom is 0.224 e. The molecule has 28 heavy (non-hydrogen) atoms. The molecule has 0 radical (unpaired) electrons. The van der Waals surface area contributed by atoms with Gasteiger partial charge in [-0.3, -0.25) is 9.78 Å². The van der Waals surface area contributed by atoms with Gasteiger partial charge in [-0.15, -0.1) is 0 Å². The van der Waals surface area contributed by atoms with E-state index in [0.29, 0.717) is 6.42 Å². The topological polar surface area (TPSA) is 62.2 Å². The smallest absolute Gasteiger partial charge is 0.224 e. The molecule has 0 aliphatic rings. The Balaban J connectivity index is 1.42. The van der Waals surface area contributed by atoms with Crippen molar-refractivity contribution in [3.63, 3.8) is 0 Å². The molecule has 0 aliphatic heterocycles. The SMILES string of the molecule is O=C(CCc1ccccc1)Nc1ccc(-c2cnc3cc(O)ccc3c2)cc1. The zero-order chi connectivity index (χ0) is 19.3. The molecule has 0 atom stereocenters. The summed E-state index contributed by atoms with van der Waals surface area (Å²) in [4.78, 5) is 16.6. The van der Waals surface area contributed by atoms with Crippen molar-refractivity contribution in [1.29, 1.82) is 0 Å². The van der Waals surface area contributed by atoms with Gasteiger partial charge in [-0.25, -0.2) is 0 Å². The number of anilines is 1. The highest BCUT2D eigenvalue weighted by atomic mass is 16.3. The molecule has 4 nitrogen and oxygen atoms in total. The Morgan fingerprint density at radius 1 is 0.893 bits per heavy atom. The summed E-state index contributed by atoms with van der Waals surface area (Å²) in [5.74, 6) is 0.212. The molecule has 1 aromatic heterocycles. The fraction of sp³-hybridized carbons (Fsp3) is 0.0833. The van der Waals surface area contributed by atoms with Gasteiger partial charge in [0, 0.05) is 35.3 Å². The number of hydrogen-bond donors (Lipinski definition) is 2. The minimum Gasteiger partial charge on any atom is -0.508 e. The van der Waals surface area contributed by atoms with Crippen molar-refractivity contribution >= 4 is 22.5 Å². The van der Waals surface area contributed by atoms with Gasteiger partial charge in [-0.05, 0) is 47.9 Å². The molecular formula is C24H20N2O2. The molecule has 1 heterocycles. The molecule has 0 bridgehead atoms. The predicted molar refractivity (Wildman–Crippen MR) is 112 cm³/mol. The minimum absolute atomic E-state index is 0.00350. The molecule has 2 N–H and O–H groups in total. The molecule has 0 fully saturated rings. The van der Waals surface area contributed by atoms with Crippen LogP contribution < -0.4 is 5.32 Å². The van der Waals surface area contributed by atoms with E-state index >= 15 is 0 Å². The van der Waals surface area contributed by atoms with Gasteiger partial charge >= 0.3 is 0 Å². The third kappa shape index (κ3) is 4.18. The molecule has 0 unspecified atom stereocenters. The molecule has 4 heteroatoms. The van der Waals surface area contributed by atoms with Crippen LogP contribution in [0.25, 0.3) is 22.0 Å². The molecule has 0 aliphatic carbocycles. The Labute approximate surface area is 163 Å². The normalized spacial score (nSPS) is 10.7. The molecule has 4 aromatic rings. The lowest BCUT2D eigenvalue weighted by molar-refractivity contribution is -0.116. The van der Waals surface area contributed by atoms with Crippen LogP contribution in [0.1, 0.15) is 12.0 Å². The highest BCUT2D eigenvalue weighted by Crippen LogP contribution is 2.26. The van der Waals surface area contributed by atoms with Gasteiger partial charge in [0.2, 0.25) is 5.91 Å². The first-order chi connectivity index (χ1) is 13.7. The van der Waals surface area contributed by atoms with Crippen LogP contribution in [0.2, 0.25) is 0 Å². The lowest BCUT2D eigenvalue weighted by Gasteiger charge is -2.08. The van der Waals surface area contributed by atoms with Crippen molar-refractivity contribution in [3.05, 3.63) is 90.6 Å². The van der Waals surface area contributed by atoms with Gasteiger partial charge in [0.1, 0.15) is 5.75 Å². The number of carbonyl (C=O) groups is 1. The van der Waals surface area contributed by atoms with Gasteiger partial charge in [0.25, 0.3) is 0 Å². The second kappa shape index (κ2) is 7.92. The third-order valence-electron chi connectivity index (χ3n) is 4.65. The molecular weight excluding hydrogens is 348 g/mol. The van der Waals surface area contributed by atoms with E-state index in [1.807, 2.05) is 66.7 Å². The number of carbonyl (C=O) groups excluding carboxylic acids is 1. The predicted octanol–water partition coefficient (Wildman–Crippen LogP) is 5.18. The number of nitrogens with zero attached hydrogens (tertiary/aromatic N) is 1. The Bertz CT molecular complexity index is 1110. The van der Waals surface area contributed by atoms with E-state index in [1.54, 1.807) is 18.3 Å². The number of fused-ring (bicyclic) bond motifs is 1. The number of phenols is 1. The zero-order valence-electron chi connectivity index (χ0n) is 15.3. The highest BCUT2D eigenvalue weighted by molar-refractivity contribution is 5.91. The second-order valence-electron chi connectivity index (χ2n) is 6.71. The quantitative estimate of drug-likeness (QED) is 0.510.